The Balaban J connectivity index is 1.87. The van der Waals surface area contributed by atoms with Gasteiger partial charge in [0.2, 0.25) is 5.91 Å². The van der Waals surface area contributed by atoms with Crippen LogP contribution < -0.4 is 5.32 Å². The second kappa shape index (κ2) is 7.23. The third-order valence-electron chi connectivity index (χ3n) is 4.02. The predicted octanol–water partition coefficient (Wildman–Crippen LogP) is 4.88. The highest BCUT2D eigenvalue weighted by molar-refractivity contribution is 9.10. The summed E-state index contributed by atoms with van der Waals surface area (Å²) in [4.78, 5) is 24.9. The molecule has 0 bridgehead atoms. The van der Waals surface area contributed by atoms with E-state index in [0.717, 1.165) is 21.1 Å². The summed E-state index contributed by atoms with van der Waals surface area (Å²) in [5, 5.41) is 3.76. The van der Waals surface area contributed by atoms with E-state index in [0.29, 0.717) is 5.56 Å². The number of benzene rings is 2. The number of nitrogens with one attached hydrogen (secondary N) is 1. The smallest absolute Gasteiger partial charge is 0.244 e. The van der Waals surface area contributed by atoms with Gasteiger partial charge < -0.3 is 9.88 Å². The molecule has 0 aliphatic carbocycles. The van der Waals surface area contributed by atoms with Gasteiger partial charge in [-0.15, -0.1) is 0 Å². The number of hydrogen-bond acceptors (Lipinski definition) is 2. The van der Waals surface area contributed by atoms with Gasteiger partial charge in [-0.25, -0.2) is 0 Å². The van der Waals surface area contributed by atoms with Gasteiger partial charge in [0.05, 0.1) is 0 Å². The van der Waals surface area contributed by atoms with Gasteiger partial charge in [0, 0.05) is 38.7 Å². The summed E-state index contributed by atoms with van der Waals surface area (Å²) in [7, 11) is 0. The van der Waals surface area contributed by atoms with Gasteiger partial charge in [0.1, 0.15) is 6.54 Å². The lowest BCUT2D eigenvalue weighted by atomic mass is 10.0. The maximum Gasteiger partial charge on any atom is 0.244 e. The quantitative estimate of drug-likeness (QED) is 0.622. The summed E-state index contributed by atoms with van der Waals surface area (Å²) in [5.74, 6) is -0.134. The zero-order chi connectivity index (χ0) is 18.0. The lowest BCUT2D eigenvalue weighted by Gasteiger charge is -2.07. The summed E-state index contributed by atoms with van der Waals surface area (Å²) >= 11 is 3.37. The fourth-order valence-electron chi connectivity index (χ4n) is 2.77. The van der Waals surface area contributed by atoms with Crippen molar-refractivity contribution in [1.29, 1.82) is 0 Å². The highest BCUT2D eigenvalue weighted by Crippen LogP contribution is 2.24. The number of anilines is 1. The van der Waals surface area contributed by atoms with Gasteiger partial charge in [-0.05, 0) is 30.3 Å². The Labute approximate surface area is 155 Å². The van der Waals surface area contributed by atoms with Gasteiger partial charge >= 0.3 is 0 Å². The molecule has 1 amide bonds. The third kappa shape index (κ3) is 3.82. The molecule has 1 N–H and O–H groups in total. The van der Waals surface area contributed by atoms with E-state index < -0.39 is 0 Å². The van der Waals surface area contributed by atoms with Gasteiger partial charge in [-0.3, -0.25) is 9.59 Å². The molecular formula is C20H19BrN2O2. The van der Waals surface area contributed by atoms with Crippen molar-refractivity contribution in [3.05, 3.63) is 64.8 Å². The number of rotatable bonds is 5. The number of fused-ring (bicyclic) bond motifs is 1. The van der Waals surface area contributed by atoms with Crippen molar-refractivity contribution in [2.24, 2.45) is 5.92 Å². The maximum absolute atomic E-state index is 12.5. The lowest BCUT2D eigenvalue weighted by molar-refractivity contribution is -0.116. The minimum Gasteiger partial charge on any atom is -0.337 e. The molecule has 3 aromatic rings. The summed E-state index contributed by atoms with van der Waals surface area (Å²) < 4.78 is 2.79. The number of para-hydroxylation sites is 1. The first-order valence-electron chi connectivity index (χ1n) is 8.13. The molecule has 2 aromatic carbocycles. The standard InChI is InChI=1S/C20H19BrN2O2/c1-13(2)20(25)17-11-23(18-6-4-3-5-16(17)18)12-19(24)22-15-9-7-14(21)8-10-15/h3-11,13H,12H2,1-2H3,(H,22,24). The number of aromatic nitrogens is 1. The molecule has 0 saturated carbocycles. The van der Waals surface area contributed by atoms with E-state index in [1.807, 2.05) is 66.9 Å². The first-order chi connectivity index (χ1) is 12.0. The van der Waals surface area contributed by atoms with Crippen LogP contribution in [0.25, 0.3) is 10.9 Å². The van der Waals surface area contributed by atoms with E-state index in [-0.39, 0.29) is 24.2 Å². The van der Waals surface area contributed by atoms with Gasteiger partial charge in [0.15, 0.2) is 5.78 Å². The molecule has 0 aliphatic rings. The second-order valence-electron chi connectivity index (χ2n) is 6.26. The SMILES string of the molecule is CC(C)C(=O)c1cn(CC(=O)Nc2ccc(Br)cc2)c2ccccc12. The Bertz CT molecular complexity index is 927. The van der Waals surface area contributed by atoms with Crippen molar-refractivity contribution in [3.8, 4) is 0 Å². The molecule has 0 fully saturated rings. The van der Waals surface area contributed by atoms with Gasteiger partial charge in [0.25, 0.3) is 0 Å². The zero-order valence-corrected chi connectivity index (χ0v) is 15.7. The number of ketones is 1. The molecule has 0 spiro atoms. The van der Waals surface area contributed by atoms with E-state index >= 15 is 0 Å². The first kappa shape index (κ1) is 17.4. The van der Waals surface area contributed by atoms with Crippen LogP contribution in [0.5, 0.6) is 0 Å². The Morgan fingerprint density at radius 3 is 2.44 bits per heavy atom. The van der Waals surface area contributed by atoms with Crippen LogP contribution in [-0.2, 0) is 11.3 Å². The predicted molar refractivity (Wildman–Crippen MR) is 104 cm³/mol. The molecule has 1 aromatic heterocycles. The topological polar surface area (TPSA) is 51.1 Å². The molecular weight excluding hydrogens is 380 g/mol. The number of hydrogen-bond donors (Lipinski definition) is 1. The Hall–Kier alpha value is -2.40. The monoisotopic (exact) mass is 398 g/mol. The second-order valence-corrected chi connectivity index (χ2v) is 7.18. The van der Waals surface area contributed by atoms with Crippen LogP contribution >= 0.6 is 15.9 Å². The number of Topliss-reactive ketones (excluding diaryl/α,β-unsaturated/α-hetero) is 1. The molecule has 0 saturated heterocycles. The fraction of sp³-hybridized carbons (Fsp3) is 0.200. The minimum absolute atomic E-state index is 0.0864. The van der Waals surface area contributed by atoms with Crippen LogP contribution in [0.4, 0.5) is 5.69 Å². The summed E-state index contributed by atoms with van der Waals surface area (Å²) in [5.41, 5.74) is 2.29. The number of carbonyl (C=O) groups excluding carboxylic acids is 2. The van der Waals surface area contributed by atoms with Crippen molar-refractivity contribution in [2.45, 2.75) is 20.4 Å². The van der Waals surface area contributed by atoms with Crippen LogP contribution in [-0.4, -0.2) is 16.3 Å². The minimum atomic E-state index is -0.133. The van der Waals surface area contributed by atoms with Gasteiger partial charge in [-0.2, -0.15) is 0 Å². The highest BCUT2D eigenvalue weighted by atomic mass is 79.9. The molecule has 5 heteroatoms. The van der Waals surface area contributed by atoms with Crippen LogP contribution in [0, 0.1) is 5.92 Å². The lowest BCUT2D eigenvalue weighted by Crippen LogP contribution is -2.18. The molecule has 128 valence electrons. The van der Waals surface area contributed by atoms with Crippen LogP contribution in [0.3, 0.4) is 0 Å². The van der Waals surface area contributed by atoms with Crippen LogP contribution in [0.15, 0.2) is 59.2 Å². The average molecular weight is 399 g/mol. The first-order valence-corrected chi connectivity index (χ1v) is 8.92. The molecule has 0 unspecified atom stereocenters. The average Bonchev–Trinajstić information content (AvgIpc) is 2.95. The van der Waals surface area contributed by atoms with E-state index in [1.54, 1.807) is 6.20 Å². The van der Waals surface area contributed by atoms with Crippen molar-refractivity contribution >= 4 is 44.2 Å². The van der Waals surface area contributed by atoms with Crippen molar-refractivity contribution < 1.29 is 9.59 Å². The van der Waals surface area contributed by atoms with Gasteiger partial charge in [-0.1, -0.05) is 48.0 Å². The molecule has 0 aliphatic heterocycles. The van der Waals surface area contributed by atoms with E-state index in [2.05, 4.69) is 21.2 Å². The van der Waals surface area contributed by atoms with E-state index in [9.17, 15) is 9.59 Å². The van der Waals surface area contributed by atoms with Crippen molar-refractivity contribution in [3.63, 3.8) is 0 Å². The number of carbonyl (C=O) groups is 2. The third-order valence-corrected chi connectivity index (χ3v) is 4.55. The molecule has 25 heavy (non-hydrogen) atoms. The number of halogens is 1. The Kier molecular flexibility index (Phi) is 5.04. The maximum atomic E-state index is 12.5. The largest absolute Gasteiger partial charge is 0.337 e. The van der Waals surface area contributed by atoms with Crippen molar-refractivity contribution in [1.82, 2.24) is 4.57 Å². The van der Waals surface area contributed by atoms with Crippen molar-refractivity contribution in [2.75, 3.05) is 5.32 Å². The van der Waals surface area contributed by atoms with E-state index in [4.69, 9.17) is 0 Å². The normalized spacial score (nSPS) is 11.0. The molecule has 1 heterocycles. The number of nitrogens with zero attached hydrogens (tertiary/aromatic N) is 1. The highest BCUT2D eigenvalue weighted by Gasteiger charge is 2.18. The molecule has 3 rings (SSSR count). The summed E-state index contributed by atoms with van der Waals surface area (Å²) in [6.07, 6.45) is 1.79. The summed E-state index contributed by atoms with van der Waals surface area (Å²) in [6.45, 7) is 3.92. The fourth-order valence-corrected chi connectivity index (χ4v) is 3.04. The number of amides is 1. The molecule has 4 nitrogen and oxygen atoms in total. The van der Waals surface area contributed by atoms with Crippen LogP contribution in [0.2, 0.25) is 0 Å². The van der Waals surface area contributed by atoms with Crippen LogP contribution in [0.1, 0.15) is 24.2 Å². The Morgan fingerprint density at radius 2 is 1.76 bits per heavy atom. The molecule has 0 atom stereocenters. The summed E-state index contributed by atoms with van der Waals surface area (Å²) in [6, 6.07) is 15.1. The molecule has 0 radical (unpaired) electrons. The van der Waals surface area contributed by atoms with E-state index in [1.165, 1.54) is 0 Å². The zero-order valence-electron chi connectivity index (χ0n) is 14.1. The Morgan fingerprint density at radius 1 is 1.08 bits per heavy atom.